The van der Waals surface area contributed by atoms with E-state index >= 15 is 0 Å². The van der Waals surface area contributed by atoms with E-state index in [0.717, 1.165) is 11.3 Å². The Morgan fingerprint density at radius 3 is 2.55 bits per heavy atom. The Morgan fingerprint density at radius 2 is 1.86 bits per heavy atom. The summed E-state index contributed by atoms with van der Waals surface area (Å²) in [6.07, 6.45) is 0.742. The van der Waals surface area contributed by atoms with Crippen molar-refractivity contribution >= 4 is 23.2 Å². The molecule has 0 unspecified atom stereocenters. The van der Waals surface area contributed by atoms with Crippen LogP contribution in [0.4, 0.5) is 16.0 Å². The molecule has 0 aliphatic carbocycles. The molecule has 1 fully saturated rings. The lowest BCUT2D eigenvalue weighted by Crippen LogP contribution is -2.34. The number of hydrogen-bond acceptors (Lipinski definition) is 6. The number of aromatic nitrogens is 3. The summed E-state index contributed by atoms with van der Waals surface area (Å²) in [7, 11) is 0. The van der Waals surface area contributed by atoms with E-state index in [0.29, 0.717) is 24.7 Å². The number of halogens is 2. The maximum atomic E-state index is 13.1. The van der Waals surface area contributed by atoms with Crippen LogP contribution in [-0.4, -0.2) is 44.9 Å². The Balaban J connectivity index is 1.42. The van der Waals surface area contributed by atoms with Gasteiger partial charge in [-0.2, -0.15) is 4.98 Å². The van der Waals surface area contributed by atoms with Crippen molar-refractivity contribution in [2.75, 3.05) is 23.3 Å². The highest BCUT2D eigenvalue weighted by Crippen LogP contribution is 2.22. The molecule has 2 aromatic carbocycles. The first-order chi connectivity index (χ1) is 14.0. The van der Waals surface area contributed by atoms with Gasteiger partial charge in [0.25, 0.3) is 0 Å². The number of nitrogens with one attached hydrogen (secondary N) is 1. The smallest absolute Gasteiger partial charge is 0.352 e. The first-order valence-corrected chi connectivity index (χ1v) is 9.49. The van der Waals surface area contributed by atoms with Crippen molar-refractivity contribution in [3.63, 3.8) is 0 Å². The van der Waals surface area contributed by atoms with Gasteiger partial charge in [-0.15, -0.1) is 0 Å². The van der Waals surface area contributed by atoms with E-state index < -0.39 is 11.8 Å². The van der Waals surface area contributed by atoms with Crippen LogP contribution in [0.5, 0.6) is 0 Å². The highest BCUT2D eigenvalue weighted by atomic mass is 35.5. The second-order valence-electron chi connectivity index (χ2n) is 6.92. The summed E-state index contributed by atoms with van der Waals surface area (Å²) < 4.78 is 14.5. The molecule has 1 aliphatic rings. The van der Waals surface area contributed by atoms with Gasteiger partial charge in [0.1, 0.15) is 12.1 Å². The largest absolute Gasteiger partial charge is 0.389 e. The van der Waals surface area contributed by atoms with E-state index in [1.54, 1.807) is 24.3 Å². The average Bonchev–Trinajstić information content (AvgIpc) is 3.06. The van der Waals surface area contributed by atoms with Crippen LogP contribution in [0.25, 0.3) is 0 Å². The summed E-state index contributed by atoms with van der Waals surface area (Å²) in [5.74, 6) is -0.150. The fourth-order valence-electron chi connectivity index (χ4n) is 3.28. The number of β-amino-alcohol motifs (C(OH)–C–C–N with tert-alkyl or cyclic N) is 1. The molecule has 0 radical (unpaired) electrons. The molecule has 4 rings (SSSR count). The second-order valence-corrected chi connectivity index (χ2v) is 7.35. The molecular weight excluding hydrogens is 397 g/mol. The molecule has 0 amide bonds. The van der Waals surface area contributed by atoms with E-state index in [4.69, 9.17) is 11.6 Å². The van der Waals surface area contributed by atoms with Crippen molar-refractivity contribution in [3.8, 4) is 0 Å². The van der Waals surface area contributed by atoms with Crippen molar-refractivity contribution in [2.45, 2.75) is 18.7 Å². The molecule has 0 bridgehead atoms. The number of anilines is 2. The third-order valence-electron chi connectivity index (χ3n) is 4.83. The highest BCUT2D eigenvalue weighted by molar-refractivity contribution is 6.30. The standard InChI is InChI=1S/C20H19ClFN5O2/c21-14-3-1-13(2-4-14)9-27-12-23-19(25-20(27)29)24-17-10-26(11-18(17)28)16-7-5-15(22)6-8-16/h1-8,12,17-18,28H,9-11H2,(H,24,25,29)/t17-,18-/m1/s1. The number of nitrogens with zero attached hydrogens (tertiary/aromatic N) is 4. The normalized spacial score (nSPS) is 18.8. The average molecular weight is 416 g/mol. The Bertz CT molecular complexity index is 1040. The van der Waals surface area contributed by atoms with Crippen molar-refractivity contribution in [1.29, 1.82) is 0 Å². The number of aliphatic hydroxyl groups is 1. The minimum absolute atomic E-state index is 0.160. The lowest BCUT2D eigenvalue weighted by Gasteiger charge is -2.18. The molecule has 2 heterocycles. The lowest BCUT2D eigenvalue weighted by atomic mass is 10.2. The van der Waals surface area contributed by atoms with Crippen LogP contribution >= 0.6 is 11.6 Å². The van der Waals surface area contributed by atoms with Gasteiger partial charge in [-0.1, -0.05) is 23.7 Å². The third-order valence-corrected chi connectivity index (χ3v) is 5.08. The van der Waals surface area contributed by atoms with Crippen molar-refractivity contribution in [2.24, 2.45) is 0 Å². The van der Waals surface area contributed by atoms with E-state index in [2.05, 4.69) is 15.3 Å². The summed E-state index contributed by atoms with van der Waals surface area (Å²) in [5, 5.41) is 14.0. The van der Waals surface area contributed by atoms with Crippen LogP contribution in [0, 0.1) is 5.82 Å². The number of benzene rings is 2. The predicted molar refractivity (Wildman–Crippen MR) is 109 cm³/mol. The van der Waals surface area contributed by atoms with Gasteiger partial charge >= 0.3 is 5.69 Å². The summed E-state index contributed by atoms with van der Waals surface area (Å²) in [5.41, 5.74) is 1.27. The molecule has 1 saturated heterocycles. The molecule has 1 aliphatic heterocycles. The van der Waals surface area contributed by atoms with Crippen LogP contribution in [0.2, 0.25) is 5.02 Å². The zero-order chi connectivity index (χ0) is 20.4. The Kier molecular flexibility index (Phi) is 5.46. The second kappa shape index (κ2) is 8.18. The van der Waals surface area contributed by atoms with Gasteiger partial charge in [0.2, 0.25) is 5.95 Å². The summed E-state index contributed by atoms with van der Waals surface area (Å²) in [4.78, 5) is 22.4. The summed E-state index contributed by atoms with van der Waals surface area (Å²) >= 11 is 5.87. The molecule has 150 valence electrons. The Labute approximate surface area is 171 Å². The van der Waals surface area contributed by atoms with E-state index in [-0.39, 0.29) is 17.8 Å². The molecule has 2 N–H and O–H groups in total. The molecular formula is C20H19ClFN5O2. The Hall–Kier alpha value is -2.97. The molecule has 0 spiro atoms. The van der Waals surface area contributed by atoms with E-state index in [9.17, 15) is 14.3 Å². The first-order valence-electron chi connectivity index (χ1n) is 9.11. The molecule has 1 aromatic heterocycles. The maximum Gasteiger partial charge on any atom is 0.352 e. The summed E-state index contributed by atoms with van der Waals surface area (Å²) in [6.45, 7) is 1.20. The van der Waals surface area contributed by atoms with Crippen molar-refractivity contribution in [1.82, 2.24) is 14.5 Å². The van der Waals surface area contributed by atoms with Gasteiger partial charge < -0.3 is 15.3 Å². The summed E-state index contributed by atoms with van der Waals surface area (Å²) in [6, 6.07) is 12.9. The molecule has 0 saturated carbocycles. The number of rotatable bonds is 5. The predicted octanol–water partition coefficient (Wildman–Crippen LogP) is 2.14. The van der Waals surface area contributed by atoms with Crippen LogP contribution < -0.4 is 15.9 Å². The SMILES string of the molecule is O=c1nc(N[C@@H]2CN(c3ccc(F)cc3)C[C@H]2O)ncn1Cc1ccc(Cl)cc1. The molecule has 7 nitrogen and oxygen atoms in total. The van der Waals surface area contributed by atoms with E-state index in [1.807, 2.05) is 17.0 Å². The monoisotopic (exact) mass is 415 g/mol. The van der Waals surface area contributed by atoms with Gasteiger partial charge in [-0.3, -0.25) is 4.57 Å². The molecule has 2 atom stereocenters. The maximum absolute atomic E-state index is 13.1. The van der Waals surface area contributed by atoms with Gasteiger partial charge in [-0.05, 0) is 42.0 Å². The Morgan fingerprint density at radius 1 is 1.14 bits per heavy atom. The van der Waals surface area contributed by atoms with Crippen LogP contribution in [-0.2, 0) is 6.54 Å². The minimum Gasteiger partial charge on any atom is -0.389 e. The highest BCUT2D eigenvalue weighted by Gasteiger charge is 2.32. The van der Waals surface area contributed by atoms with Crippen molar-refractivity contribution in [3.05, 3.63) is 81.7 Å². The molecule has 29 heavy (non-hydrogen) atoms. The molecule has 3 aromatic rings. The minimum atomic E-state index is -0.680. The zero-order valence-corrected chi connectivity index (χ0v) is 16.1. The number of hydrogen-bond donors (Lipinski definition) is 2. The van der Waals surface area contributed by atoms with E-state index in [1.165, 1.54) is 23.0 Å². The van der Waals surface area contributed by atoms with Gasteiger partial charge in [0.15, 0.2) is 0 Å². The zero-order valence-electron chi connectivity index (χ0n) is 15.4. The van der Waals surface area contributed by atoms with Crippen LogP contribution in [0.15, 0.2) is 59.7 Å². The van der Waals surface area contributed by atoms with Gasteiger partial charge in [0, 0.05) is 23.8 Å². The fourth-order valence-corrected chi connectivity index (χ4v) is 3.41. The van der Waals surface area contributed by atoms with Crippen molar-refractivity contribution < 1.29 is 9.50 Å². The molecule has 9 heteroatoms. The van der Waals surface area contributed by atoms with Crippen LogP contribution in [0.1, 0.15) is 5.56 Å². The third kappa shape index (κ3) is 4.55. The van der Waals surface area contributed by atoms with Gasteiger partial charge in [0.05, 0.1) is 18.7 Å². The fraction of sp³-hybridized carbons (Fsp3) is 0.250. The quantitative estimate of drug-likeness (QED) is 0.664. The van der Waals surface area contributed by atoms with Gasteiger partial charge in [-0.25, -0.2) is 14.2 Å². The first kappa shape index (κ1) is 19.4. The van der Waals surface area contributed by atoms with Crippen LogP contribution in [0.3, 0.4) is 0 Å². The topological polar surface area (TPSA) is 83.3 Å². The number of aliphatic hydroxyl groups excluding tert-OH is 1. The lowest BCUT2D eigenvalue weighted by molar-refractivity contribution is 0.186.